The maximum absolute atomic E-state index is 11.3. The van der Waals surface area contributed by atoms with Crippen LogP contribution in [0.2, 0.25) is 0 Å². The van der Waals surface area contributed by atoms with E-state index in [1.54, 1.807) is 12.1 Å². The topological polar surface area (TPSA) is 76.7 Å². The second kappa shape index (κ2) is 7.25. The quantitative estimate of drug-likeness (QED) is 0.811. The summed E-state index contributed by atoms with van der Waals surface area (Å²) in [6.07, 6.45) is -0.741. The number of amides is 2. The van der Waals surface area contributed by atoms with E-state index in [1.165, 1.54) is 12.7 Å². The molecule has 0 spiro atoms. The molecule has 0 fully saturated rings. The van der Waals surface area contributed by atoms with Crippen molar-refractivity contribution >= 4 is 12.0 Å². The maximum Gasteiger partial charge on any atom is 0.425 e. The summed E-state index contributed by atoms with van der Waals surface area (Å²) < 4.78 is 9.56. The molecule has 0 aliphatic carbocycles. The summed E-state index contributed by atoms with van der Waals surface area (Å²) in [4.78, 5) is 22.0. The van der Waals surface area contributed by atoms with Crippen molar-refractivity contribution in [3.05, 3.63) is 29.8 Å². The molecular weight excluding hydrogens is 248 g/mol. The van der Waals surface area contributed by atoms with E-state index in [2.05, 4.69) is 29.4 Å². The third-order valence-corrected chi connectivity index (χ3v) is 2.41. The van der Waals surface area contributed by atoms with Crippen molar-refractivity contribution in [3.63, 3.8) is 0 Å². The molecule has 0 heterocycles. The van der Waals surface area contributed by atoms with Gasteiger partial charge in [-0.15, -0.1) is 0 Å². The summed E-state index contributed by atoms with van der Waals surface area (Å²) in [6.45, 7) is 4.01. The van der Waals surface area contributed by atoms with Gasteiger partial charge < -0.3 is 9.47 Å². The molecule has 2 N–H and O–H groups in total. The van der Waals surface area contributed by atoms with Crippen molar-refractivity contribution in [2.75, 3.05) is 13.7 Å². The van der Waals surface area contributed by atoms with Crippen LogP contribution in [0.1, 0.15) is 25.3 Å². The van der Waals surface area contributed by atoms with Crippen LogP contribution in [0.5, 0.6) is 5.75 Å². The van der Waals surface area contributed by atoms with Crippen LogP contribution >= 0.6 is 0 Å². The Balaban J connectivity index is 2.35. The molecule has 0 aromatic heterocycles. The van der Waals surface area contributed by atoms with E-state index in [4.69, 9.17) is 4.74 Å². The molecular formula is C13H18N2O4. The van der Waals surface area contributed by atoms with Gasteiger partial charge in [-0.25, -0.2) is 10.2 Å². The van der Waals surface area contributed by atoms with E-state index < -0.39 is 12.0 Å². The van der Waals surface area contributed by atoms with E-state index in [-0.39, 0.29) is 6.61 Å². The van der Waals surface area contributed by atoms with Crippen LogP contribution in [0.3, 0.4) is 0 Å². The smallest absolute Gasteiger partial charge is 0.425 e. The van der Waals surface area contributed by atoms with E-state index in [0.717, 1.165) is 0 Å². The lowest BCUT2D eigenvalue weighted by atomic mass is 10.0. The Kier molecular flexibility index (Phi) is 5.66. The molecule has 6 heteroatoms. The zero-order chi connectivity index (χ0) is 14.3. The van der Waals surface area contributed by atoms with Crippen LogP contribution < -0.4 is 15.6 Å². The Labute approximate surface area is 112 Å². The number of hydrogen-bond donors (Lipinski definition) is 2. The summed E-state index contributed by atoms with van der Waals surface area (Å²) in [5, 5.41) is 0. The Hall–Kier alpha value is -2.24. The fourth-order valence-corrected chi connectivity index (χ4v) is 1.31. The first-order chi connectivity index (χ1) is 9.02. The molecule has 0 aliphatic rings. The molecule has 1 aromatic carbocycles. The van der Waals surface area contributed by atoms with E-state index in [1.807, 2.05) is 12.1 Å². The number of nitrogens with one attached hydrogen (secondary N) is 2. The lowest BCUT2D eigenvalue weighted by molar-refractivity contribution is -0.123. The third-order valence-electron chi connectivity index (χ3n) is 2.41. The average Bonchev–Trinajstić information content (AvgIpc) is 2.42. The molecule has 0 atom stereocenters. The highest BCUT2D eigenvalue weighted by Crippen LogP contribution is 2.18. The lowest BCUT2D eigenvalue weighted by Gasteiger charge is -2.09. The summed E-state index contributed by atoms with van der Waals surface area (Å²) in [5.74, 6) is 0.567. The highest BCUT2D eigenvalue weighted by Gasteiger charge is 2.05. The van der Waals surface area contributed by atoms with Gasteiger partial charge in [0.2, 0.25) is 0 Å². The zero-order valence-corrected chi connectivity index (χ0v) is 11.2. The minimum atomic E-state index is -0.741. The molecule has 1 rings (SSSR count). The molecule has 0 aliphatic heterocycles. The van der Waals surface area contributed by atoms with Gasteiger partial charge in [0, 0.05) is 0 Å². The van der Waals surface area contributed by atoms with Crippen molar-refractivity contribution in [1.29, 1.82) is 0 Å². The molecule has 19 heavy (non-hydrogen) atoms. The minimum absolute atomic E-state index is 0.189. The SMILES string of the molecule is COC(=O)NNC(=O)COc1ccc(C(C)C)cc1. The fourth-order valence-electron chi connectivity index (χ4n) is 1.31. The Morgan fingerprint density at radius 3 is 2.32 bits per heavy atom. The normalized spacial score (nSPS) is 9.89. The van der Waals surface area contributed by atoms with Gasteiger partial charge in [-0.05, 0) is 23.6 Å². The molecule has 0 radical (unpaired) electrons. The summed E-state index contributed by atoms with van der Waals surface area (Å²) in [7, 11) is 1.20. The van der Waals surface area contributed by atoms with Gasteiger partial charge in [-0.1, -0.05) is 26.0 Å². The van der Waals surface area contributed by atoms with Crippen LogP contribution in [0.25, 0.3) is 0 Å². The number of ether oxygens (including phenoxy) is 2. The van der Waals surface area contributed by atoms with Crippen molar-refractivity contribution in [1.82, 2.24) is 10.9 Å². The van der Waals surface area contributed by atoms with Crippen LogP contribution in [0.4, 0.5) is 4.79 Å². The number of carbonyl (C=O) groups is 2. The highest BCUT2D eigenvalue weighted by atomic mass is 16.5. The van der Waals surface area contributed by atoms with Crippen molar-refractivity contribution in [2.24, 2.45) is 0 Å². The van der Waals surface area contributed by atoms with Gasteiger partial charge in [0.25, 0.3) is 5.91 Å². The second-order valence-corrected chi connectivity index (χ2v) is 4.18. The van der Waals surface area contributed by atoms with Crippen LogP contribution in [0, 0.1) is 0 Å². The third kappa shape index (κ3) is 5.29. The average molecular weight is 266 g/mol. The van der Waals surface area contributed by atoms with E-state index in [9.17, 15) is 9.59 Å². The van der Waals surface area contributed by atoms with Crippen LogP contribution in [0.15, 0.2) is 24.3 Å². The fraction of sp³-hybridized carbons (Fsp3) is 0.385. The number of hydrogen-bond acceptors (Lipinski definition) is 4. The molecule has 0 unspecified atom stereocenters. The van der Waals surface area contributed by atoms with Gasteiger partial charge >= 0.3 is 6.09 Å². The van der Waals surface area contributed by atoms with Gasteiger partial charge in [-0.3, -0.25) is 10.2 Å². The molecule has 6 nitrogen and oxygen atoms in total. The molecule has 1 aromatic rings. The predicted molar refractivity (Wildman–Crippen MR) is 69.7 cm³/mol. The predicted octanol–water partition coefficient (Wildman–Crippen LogP) is 1.58. The first-order valence-electron chi connectivity index (χ1n) is 5.88. The number of benzene rings is 1. The molecule has 0 saturated carbocycles. The van der Waals surface area contributed by atoms with E-state index in [0.29, 0.717) is 11.7 Å². The number of carbonyl (C=O) groups excluding carboxylic acids is 2. The molecule has 2 amide bonds. The standard InChI is InChI=1S/C13H18N2O4/c1-9(2)10-4-6-11(7-5-10)19-8-12(16)14-15-13(17)18-3/h4-7,9H,8H2,1-3H3,(H,14,16)(H,15,17). The van der Waals surface area contributed by atoms with Crippen LogP contribution in [-0.2, 0) is 9.53 Å². The monoisotopic (exact) mass is 266 g/mol. The van der Waals surface area contributed by atoms with E-state index >= 15 is 0 Å². The highest BCUT2D eigenvalue weighted by molar-refractivity contribution is 5.80. The van der Waals surface area contributed by atoms with Crippen LogP contribution in [-0.4, -0.2) is 25.7 Å². The number of rotatable bonds is 4. The van der Waals surface area contributed by atoms with Gasteiger partial charge in [-0.2, -0.15) is 0 Å². The first-order valence-corrected chi connectivity index (χ1v) is 5.88. The first kappa shape index (κ1) is 14.8. The summed E-state index contributed by atoms with van der Waals surface area (Å²) in [6, 6.07) is 7.50. The summed E-state index contributed by atoms with van der Waals surface area (Å²) in [5.41, 5.74) is 5.39. The summed E-state index contributed by atoms with van der Waals surface area (Å²) >= 11 is 0. The van der Waals surface area contributed by atoms with Gasteiger partial charge in [0.05, 0.1) is 7.11 Å². The Bertz CT molecular complexity index is 429. The zero-order valence-electron chi connectivity index (χ0n) is 11.2. The Morgan fingerprint density at radius 1 is 1.16 bits per heavy atom. The minimum Gasteiger partial charge on any atom is -0.484 e. The maximum atomic E-state index is 11.3. The molecule has 0 bridgehead atoms. The number of hydrazine groups is 1. The molecule has 0 saturated heterocycles. The molecule has 104 valence electrons. The largest absolute Gasteiger partial charge is 0.484 e. The Morgan fingerprint density at radius 2 is 1.79 bits per heavy atom. The lowest BCUT2D eigenvalue weighted by Crippen LogP contribution is -2.43. The van der Waals surface area contributed by atoms with Crippen molar-refractivity contribution < 1.29 is 19.1 Å². The van der Waals surface area contributed by atoms with Gasteiger partial charge in [0.1, 0.15) is 5.75 Å². The number of methoxy groups -OCH3 is 1. The van der Waals surface area contributed by atoms with Gasteiger partial charge in [0.15, 0.2) is 6.61 Å². The second-order valence-electron chi connectivity index (χ2n) is 4.18. The van der Waals surface area contributed by atoms with Crippen molar-refractivity contribution in [3.8, 4) is 5.75 Å². The van der Waals surface area contributed by atoms with Crippen molar-refractivity contribution in [2.45, 2.75) is 19.8 Å².